The molecule has 0 aliphatic heterocycles. The number of fused-ring (bicyclic) bond motifs is 3. The van der Waals surface area contributed by atoms with E-state index in [4.69, 9.17) is 9.47 Å². The summed E-state index contributed by atoms with van der Waals surface area (Å²) in [5, 5.41) is 31.7. The third kappa shape index (κ3) is 2.93. The summed E-state index contributed by atoms with van der Waals surface area (Å²) < 4.78 is 10.8. The van der Waals surface area contributed by atoms with E-state index in [1.165, 1.54) is 20.3 Å². The van der Waals surface area contributed by atoms with Crippen molar-refractivity contribution in [2.75, 3.05) is 20.8 Å². The van der Waals surface area contributed by atoms with E-state index in [0.717, 1.165) is 0 Å². The number of aliphatic hydroxyl groups excluding tert-OH is 3. The van der Waals surface area contributed by atoms with E-state index < -0.39 is 66.1 Å². The highest BCUT2D eigenvalue weighted by Gasteiger charge is 2.61. The van der Waals surface area contributed by atoms with Gasteiger partial charge in [0.2, 0.25) is 0 Å². The summed E-state index contributed by atoms with van der Waals surface area (Å²) >= 11 is 0. The van der Waals surface area contributed by atoms with Gasteiger partial charge in [-0.1, -0.05) is 12.1 Å². The number of hydrogen-bond acceptors (Lipinski definition) is 8. The van der Waals surface area contributed by atoms with Gasteiger partial charge >= 0.3 is 0 Å². The molecule has 7 unspecified atom stereocenters. The van der Waals surface area contributed by atoms with Gasteiger partial charge in [0, 0.05) is 24.5 Å². The number of aliphatic hydroxyl groups is 3. The van der Waals surface area contributed by atoms with Gasteiger partial charge in [0.05, 0.1) is 42.8 Å². The van der Waals surface area contributed by atoms with Crippen LogP contribution in [0.1, 0.15) is 33.6 Å². The topological polar surface area (TPSA) is 130 Å². The maximum Gasteiger partial charge on any atom is 0.173 e. The zero-order valence-electron chi connectivity index (χ0n) is 16.9. The fourth-order valence-electron chi connectivity index (χ4n) is 5.85. The molecule has 8 nitrogen and oxygen atoms in total. The Balaban J connectivity index is 1.79. The molecule has 8 heteroatoms. The van der Waals surface area contributed by atoms with Crippen LogP contribution in [0.15, 0.2) is 18.2 Å². The minimum absolute atomic E-state index is 0.133. The maximum absolute atomic E-state index is 13.4. The van der Waals surface area contributed by atoms with Crippen molar-refractivity contribution in [3.63, 3.8) is 0 Å². The van der Waals surface area contributed by atoms with E-state index in [2.05, 4.69) is 0 Å². The molecule has 0 radical (unpaired) electrons. The van der Waals surface area contributed by atoms with Crippen LogP contribution in [0.4, 0.5) is 0 Å². The predicted octanol–water partition coefficient (Wildman–Crippen LogP) is 0.261. The molecule has 0 spiro atoms. The number of hydrogen-bond donors (Lipinski definition) is 3. The van der Waals surface area contributed by atoms with Crippen LogP contribution in [-0.4, -0.2) is 71.8 Å². The van der Waals surface area contributed by atoms with Gasteiger partial charge in [0.25, 0.3) is 0 Å². The van der Waals surface area contributed by atoms with Gasteiger partial charge in [-0.25, -0.2) is 0 Å². The molecule has 3 N–H and O–H groups in total. The van der Waals surface area contributed by atoms with Crippen molar-refractivity contribution in [3.8, 4) is 5.75 Å². The summed E-state index contributed by atoms with van der Waals surface area (Å²) in [6, 6.07) is 4.72. The number of carbonyl (C=O) groups is 3. The molecule has 0 saturated heterocycles. The molecule has 0 aromatic heterocycles. The molecule has 4 rings (SSSR count). The van der Waals surface area contributed by atoms with Crippen LogP contribution in [0.3, 0.4) is 0 Å². The van der Waals surface area contributed by atoms with E-state index in [1.54, 1.807) is 12.1 Å². The van der Waals surface area contributed by atoms with Gasteiger partial charge in [-0.15, -0.1) is 0 Å². The van der Waals surface area contributed by atoms with Gasteiger partial charge < -0.3 is 24.8 Å². The van der Waals surface area contributed by atoms with Crippen LogP contribution in [0, 0.1) is 29.6 Å². The van der Waals surface area contributed by atoms with E-state index in [9.17, 15) is 29.7 Å². The molecule has 8 atom stereocenters. The summed E-state index contributed by atoms with van der Waals surface area (Å²) in [4.78, 5) is 38.8. The molecule has 162 valence electrons. The second kappa shape index (κ2) is 7.85. The molecule has 3 aliphatic carbocycles. The maximum atomic E-state index is 13.4. The first-order valence-corrected chi connectivity index (χ1v) is 10.1. The molecule has 1 aromatic carbocycles. The van der Waals surface area contributed by atoms with Crippen LogP contribution >= 0.6 is 0 Å². The molecule has 3 aliphatic rings. The average molecular weight is 418 g/mol. The molecule has 30 heavy (non-hydrogen) atoms. The lowest BCUT2D eigenvalue weighted by Gasteiger charge is -2.53. The molecular weight excluding hydrogens is 392 g/mol. The van der Waals surface area contributed by atoms with Crippen molar-refractivity contribution >= 4 is 17.3 Å². The standard InChI is InChI=1S/C22H26O8/c1-29-13-5-3-4-10-15(13)21(27)18-17(19(10)25)20(26)11-6-9(12(24)8-23)7-14(30-2)16(11)22(18)28/h3-5,9,11,14,16-18,20,22-23,26,28H,6-8H2,1-2H3/t9?,11?,14-,16?,17?,18?,20?,22?/m0/s1. The number of ketones is 3. The van der Waals surface area contributed by atoms with E-state index in [0.29, 0.717) is 0 Å². The van der Waals surface area contributed by atoms with Crippen LogP contribution in [0.5, 0.6) is 5.75 Å². The normalized spacial score (nSPS) is 37.8. The van der Waals surface area contributed by atoms with Crippen LogP contribution < -0.4 is 4.74 Å². The number of carbonyl (C=O) groups excluding carboxylic acids is 3. The Bertz CT molecular complexity index is 880. The monoisotopic (exact) mass is 418 g/mol. The first kappa shape index (κ1) is 21.1. The first-order chi connectivity index (χ1) is 14.3. The highest BCUT2D eigenvalue weighted by Crippen LogP contribution is 2.52. The van der Waals surface area contributed by atoms with Gasteiger partial charge in [0.15, 0.2) is 17.3 Å². The van der Waals surface area contributed by atoms with Crippen LogP contribution in [-0.2, 0) is 9.53 Å². The van der Waals surface area contributed by atoms with Gasteiger partial charge in [-0.3, -0.25) is 14.4 Å². The lowest BCUT2D eigenvalue weighted by molar-refractivity contribution is -0.168. The predicted molar refractivity (Wildman–Crippen MR) is 103 cm³/mol. The van der Waals surface area contributed by atoms with Crippen molar-refractivity contribution in [2.45, 2.75) is 31.2 Å². The third-order valence-electron chi connectivity index (χ3n) is 7.23. The average Bonchev–Trinajstić information content (AvgIpc) is 2.77. The zero-order valence-corrected chi connectivity index (χ0v) is 16.9. The smallest absolute Gasteiger partial charge is 0.173 e. The molecule has 0 bridgehead atoms. The third-order valence-corrected chi connectivity index (χ3v) is 7.23. The molecule has 2 saturated carbocycles. The van der Waals surface area contributed by atoms with Crippen molar-refractivity contribution < 1.29 is 39.2 Å². The number of Topliss-reactive ketones (excluding diaryl/α,β-unsaturated/α-hetero) is 3. The molecule has 0 heterocycles. The summed E-state index contributed by atoms with van der Waals surface area (Å²) in [5.41, 5.74) is 0.307. The summed E-state index contributed by atoms with van der Waals surface area (Å²) in [5.74, 6) is -4.92. The minimum atomic E-state index is -1.22. The van der Waals surface area contributed by atoms with E-state index in [-0.39, 0.29) is 35.5 Å². The SMILES string of the molecule is COc1cccc2c1C(=O)C1C(O)C3C(CC(C(=O)CO)C[C@@H]3OC)C(O)C1C2=O. The lowest BCUT2D eigenvalue weighted by atomic mass is 9.53. The number of benzene rings is 1. The first-order valence-electron chi connectivity index (χ1n) is 10.1. The molecule has 0 amide bonds. The fourth-order valence-corrected chi connectivity index (χ4v) is 5.85. The van der Waals surface area contributed by atoms with Crippen molar-refractivity contribution in [1.29, 1.82) is 0 Å². The van der Waals surface area contributed by atoms with Crippen LogP contribution in [0.25, 0.3) is 0 Å². The Morgan fingerprint density at radius 2 is 1.77 bits per heavy atom. The van der Waals surface area contributed by atoms with Gasteiger partial charge in [0.1, 0.15) is 12.4 Å². The number of rotatable bonds is 4. The van der Waals surface area contributed by atoms with E-state index in [1.807, 2.05) is 0 Å². The van der Waals surface area contributed by atoms with Crippen molar-refractivity contribution in [1.82, 2.24) is 0 Å². The van der Waals surface area contributed by atoms with Crippen molar-refractivity contribution in [3.05, 3.63) is 29.3 Å². The van der Waals surface area contributed by atoms with Gasteiger partial charge in [-0.05, 0) is 24.8 Å². The Kier molecular flexibility index (Phi) is 5.52. The lowest BCUT2D eigenvalue weighted by Crippen LogP contribution is -2.63. The quantitative estimate of drug-likeness (QED) is 0.635. The number of ether oxygens (including phenoxy) is 2. The van der Waals surface area contributed by atoms with E-state index >= 15 is 0 Å². The second-order valence-electron chi connectivity index (χ2n) is 8.45. The minimum Gasteiger partial charge on any atom is -0.496 e. The zero-order chi connectivity index (χ0) is 21.7. The van der Waals surface area contributed by atoms with Crippen LogP contribution in [0.2, 0.25) is 0 Å². The Morgan fingerprint density at radius 1 is 1.07 bits per heavy atom. The summed E-state index contributed by atoms with van der Waals surface area (Å²) in [6.07, 6.45) is -2.52. The largest absolute Gasteiger partial charge is 0.496 e. The summed E-state index contributed by atoms with van der Waals surface area (Å²) in [7, 11) is 2.85. The van der Waals surface area contributed by atoms with Crippen molar-refractivity contribution in [2.24, 2.45) is 29.6 Å². The number of methoxy groups -OCH3 is 2. The molecular formula is C22H26O8. The molecule has 1 aromatic rings. The fraction of sp³-hybridized carbons (Fsp3) is 0.591. The van der Waals surface area contributed by atoms with Gasteiger partial charge in [-0.2, -0.15) is 0 Å². The summed E-state index contributed by atoms with van der Waals surface area (Å²) in [6.45, 7) is -0.617. The second-order valence-corrected chi connectivity index (χ2v) is 8.45. The highest BCUT2D eigenvalue weighted by atomic mass is 16.5. The Morgan fingerprint density at radius 3 is 2.40 bits per heavy atom. The Labute approximate surface area is 173 Å². The molecule has 2 fully saturated rings. The highest BCUT2D eigenvalue weighted by molar-refractivity contribution is 6.18. The Hall–Kier alpha value is -2.13.